The van der Waals surface area contributed by atoms with Crippen molar-refractivity contribution < 1.29 is 22.7 Å². The number of hydrogen-bond donors (Lipinski definition) is 1. The van der Waals surface area contributed by atoms with E-state index in [2.05, 4.69) is 5.32 Å². The monoisotopic (exact) mass is 431 g/mol. The highest BCUT2D eigenvalue weighted by Crippen LogP contribution is 2.37. The summed E-state index contributed by atoms with van der Waals surface area (Å²) in [4.78, 5) is 26.8. The molecule has 0 bridgehead atoms. The Morgan fingerprint density at radius 1 is 1.10 bits per heavy atom. The van der Waals surface area contributed by atoms with Gasteiger partial charge in [0.1, 0.15) is 11.4 Å². The highest BCUT2D eigenvalue weighted by molar-refractivity contribution is 7.94. The van der Waals surface area contributed by atoms with Gasteiger partial charge in [0.2, 0.25) is 5.91 Å². The molecular weight excluding hydrogens is 406 g/mol. The Morgan fingerprint density at radius 3 is 2.47 bits per heavy atom. The number of nitrogens with zero attached hydrogens (tertiary/aromatic N) is 2. The molecule has 160 valence electrons. The maximum Gasteiger partial charge on any atom is 0.343 e. The number of aryl methyl sites for hydroxylation is 1. The van der Waals surface area contributed by atoms with Crippen molar-refractivity contribution in [3.8, 4) is 0 Å². The molecule has 3 rings (SSSR count). The number of rotatable bonds is 8. The van der Waals surface area contributed by atoms with E-state index in [0.29, 0.717) is 19.6 Å². The Balaban J connectivity index is 1.94. The number of urea groups is 1. The van der Waals surface area contributed by atoms with Crippen LogP contribution in [0.25, 0.3) is 0 Å². The SMILES string of the molecule is CCc1ccc(N2C(=O)N(CC(=O)NCCCOC)c3ccccc3S2(=O)=O)cc1. The molecule has 30 heavy (non-hydrogen) atoms. The van der Waals surface area contributed by atoms with Gasteiger partial charge >= 0.3 is 6.03 Å². The first-order valence-electron chi connectivity index (χ1n) is 9.70. The van der Waals surface area contributed by atoms with E-state index < -0.39 is 16.1 Å². The lowest BCUT2D eigenvalue weighted by molar-refractivity contribution is -0.119. The summed E-state index contributed by atoms with van der Waals surface area (Å²) >= 11 is 0. The van der Waals surface area contributed by atoms with Crippen LogP contribution in [0.2, 0.25) is 0 Å². The first-order valence-corrected chi connectivity index (χ1v) is 11.1. The minimum absolute atomic E-state index is 0.0173. The van der Waals surface area contributed by atoms with Crippen LogP contribution in [0, 0.1) is 0 Å². The standard InChI is InChI=1S/C21H25N3O5S/c1-3-16-9-11-17(12-10-16)24-21(26)23(15-20(25)22-13-6-14-29-2)18-7-4-5-8-19(18)30(24,27)28/h4-5,7-12H,3,6,13-15H2,1-2H3,(H,22,25). The lowest BCUT2D eigenvalue weighted by Gasteiger charge is -2.35. The second-order valence-electron chi connectivity index (χ2n) is 6.82. The lowest BCUT2D eigenvalue weighted by Crippen LogP contribution is -2.53. The van der Waals surface area contributed by atoms with Gasteiger partial charge in [-0.25, -0.2) is 13.2 Å². The van der Waals surface area contributed by atoms with Gasteiger partial charge < -0.3 is 10.1 Å². The van der Waals surface area contributed by atoms with Gasteiger partial charge in [-0.15, -0.1) is 0 Å². The number of benzene rings is 2. The number of carbonyl (C=O) groups is 2. The van der Waals surface area contributed by atoms with E-state index in [1.165, 1.54) is 17.0 Å². The van der Waals surface area contributed by atoms with Crippen LogP contribution >= 0.6 is 0 Å². The molecule has 0 atom stereocenters. The predicted molar refractivity (Wildman–Crippen MR) is 114 cm³/mol. The number of para-hydroxylation sites is 1. The van der Waals surface area contributed by atoms with E-state index in [0.717, 1.165) is 16.3 Å². The Labute approximate surface area is 176 Å². The van der Waals surface area contributed by atoms with Crippen molar-refractivity contribution in [3.05, 3.63) is 54.1 Å². The molecule has 0 spiro atoms. The van der Waals surface area contributed by atoms with Crippen molar-refractivity contribution in [2.24, 2.45) is 0 Å². The molecule has 9 heteroatoms. The average Bonchev–Trinajstić information content (AvgIpc) is 2.75. The van der Waals surface area contributed by atoms with Gasteiger partial charge in [0.05, 0.1) is 11.4 Å². The number of carbonyl (C=O) groups excluding carboxylic acids is 2. The first-order chi connectivity index (χ1) is 14.4. The fourth-order valence-electron chi connectivity index (χ4n) is 3.22. The van der Waals surface area contributed by atoms with Crippen molar-refractivity contribution in [1.29, 1.82) is 0 Å². The van der Waals surface area contributed by atoms with E-state index in [4.69, 9.17) is 4.74 Å². The molecule has 3 amide bonds. The molecule has 0 aromatic heterocycles. The number of ether oxygens (including phenoxy) is 1. The molecule has 0 unspecified atom stereocenters. The molecule has 2 aromatic carbocycles. The molecule has 2 aromatic rings. The molecule has 0 saturated carbocycles. The van der Waals surface area contributed by atoms with Crippen molar-refractivity contribution in [3.63, 3.8) is 0 Å². The zero-order valence-electron chi connectivity index (χ0n) is 17.0. The van der Waals surface area contributed by atoms with Crippen molar-refractivity contribution >= 4 is 33.3 Å². The molecule has 1 aliphatic heterocycles. The molecule has 1 aliphatic rings. The van der Waals surface area contributed by atoms with Crippen LogP contribution in [0.1, 0.15) is 18.9 Å². The van der Waals surface area contributed by atoms with Gasteiger partial charge in [0, 0.05) is 20.3 Å². The third-order valence-corrected chi connectivity index (χ3v) is 6.56. The van der Waals surface area contributed by atoms with Crippen LogP contribution in [0.4, 0.5) is 16.2 Å². The highest BCUT2D eigenvalue weighted by atomic mass is 32.2. The number of fused-ring (bicyclic) bond motifs is 1. The molecular formula is C21H25N3O5S. The fourth-order valence-corrected chi connectivity index (χ4v) is 4.82. The van der Waals surface area contributed by atoms with Gasteiger partial charge in [0.25, 0.3) is 10.0 Å². The number of hydrogen-bond acceptors (Lipinski definition) is 5. The number of sulfonamides is 1. The van der Waals surface area contributed by atoms with Crippen molar-refractivity contribution in [2.45, 2.75) is 24.7 Å². The van der Waals surface area contributed by atoms with Crippen molar-refractivity contribution in [2.75, 3.05) is 36.0 Å². The summed E-state index contributed by atoms with van der Waals surface area (Å²) < 4.78 is 32.1. The van der Waals surface area contributed by atoms with E-state index in [1.54, 1.807) is 43.5 Å². The summed E-state index contributed by atoms with van der Waals surface area (Å²) in [6.07, 6.45) is 1.43. The largest absolute Gasteiger partial charge is 0.385 e. The molecule has 1 heterocycles. The Morgan fingerprint density at radius 2 is 1.80 bits per heavy atom. The van der Waals surface area contributed by atoms with Gasteiger partial charge in [-0.3, -0.25) is 9.69 Å². The van der Waals surface area contributed by atoms with Crippen LogP contribution in [0.5, 0.6) is 0 Å². The third-order valence-electron chi connectivity index (χ3n) is 4.81. The summed E-state index contributed by atoms with van der Waals surface area (Å²) in [7, 11) is -2.53. The second-order valence-corrected chi connectivity index (χ2v) is 8.58. The normalized spacial score (nSPS) is 15.1. The lowest BCUT2D eigenvalue weighted by atomic mass is 10.1. The number of anilines is 2. The Bertz CT molecular complexity index is 1020. The van der Waals surface area contributed by atoms with E-state index >= 15 is 0 Å². The minimum Gasteiger partial charge on any atom is -0.385 e. The van der Waals surface area contributed by atoms with E-state index in [1.807, 2.05) is 6.92 Å². The summed E-state index contributed by atoms with van der Waals surface area (Å²) in [5.41, 5.74) is 1.45. The summed E-state index contributed by atoms with van der Waals surface area (Å²) in [5, 5.41) is 2.73. The summed E-state index contributed by atoms with van der Waals surface area (Å²) in [6.45, 7) is 2.60. The van der Waals surface area contributed by atoms with Crippen LogP contribution < -0.4 is 14.5 Å². The van der Waals surface area contributed by atoms with E-state index in [9.17, 15) is 18.0 Å². The smallest absolute Gasteiger partial charge is 0.343 e. The van der Waals surface area contributed by atoms with Gasteiger partial charge in [0.15, 0.2) is 0 Å². The fraction of sp³-hybridized carbons (Fsp3) is 0.333. The van der Waals surface area contributed by atoms with Crippen LogP contribution in [-0.4, -0.2) is 47.2 Å². The minimum atomic E-state index is -4.10. The quantitative estimate of drug-likeness (QED) is 0.648. The van der Waals surface area contributed by atoms with Crippen LogP contribution in [0.15, 0.2) is 53.4 Å². The molecule has 0 radical (unpaired) electrons. The zero-order valence-corrected chi connectivity index (χ0v) is 17.8. The number of amides is 3. The molecule has 0 aliphatic carbocycles. The third kappa shape index (κ3) is 4.31. The topological polar surface area (TPSA) is 96.0 Å². The predicted octanol–water partition coefficient (Wildman–Crippen LogP) is 2.54. The summed E-state index contributed by atoms with van der Waals surface area (Å²) in [6, 6.07) is 12.2. The summed E-state index contributed by atoms with van der Waals surface area (Å²) in [5.74, 6) is -0.380. The Hall–Kier alpha value is -2.91. The first kappa shape index (κ1) is 21.8. The molecule has 8 nitrogen and oxygen atoms in total. The zero-order chi connectivity index (χ0) is 21.7. The van der Waals surface area contributed by atoms with Gasteiger partial charge in [-0.05, 0) is 42.7 Å². The molecule has 1 N–H and O–H groups in total. The van der Waals surface area contributed by atoms with Crippen LogP contribution in [0.3, 0.4) is 0 Å². The Kier molecular flexibility index (Phi) is 6.73. The van der Waals surface area contributed by atoms with Crippen molar-refractivity contribution in [1.82, 2.24) is 5.32 Å². The average molecular weight is 432 g/mol. The molecule has 0 saturated heterocycles. The number of nitrogens with one attached hydrogen (secondary N) is 1. The van der Waals surface area contributed by atoms with Crippen LogP contribution in [-0.2, 0) is 26.0 Å². The number of methoxy groups -OCH3 is 1. The second kappa shape index (κ2) is 9.27. The molecule has 0 fully saturated rings. The van der Waals surface area contributed by atoms with Gasteiger partial charge in [-0.2, -0.15) is 4.31 Å². The maximum absolute atomic E-state index is 13.2. The van der Waals surface area contributed by atoms with Gasteiger partial charge in [-0.1, -0.05) is 31.2 Å². The highest BCUT2D eigenvalue weighted by Gasteiger charge is 2.42. The maximum atomic E-state index is 13.2. The van der Waals surface area contributed by atoms with E-state index in [-0.39, 0.29) is 28.7 Å².